The normalized spacial score (nSPS) is 10.7. The number of halogens is 1. The van der Waals surface area contributed by atoms with Gasteiger partial charge in [0.15, 0.2) is 5.82 Å². The summed E-state index contributed by atoms with van der Waals surface area (Å²) in [4.78, 5) is 26.8. The fourth-order valence-electron chi connectivity index (χ4n) is 3.21. The molecule has 0 unspecified atom stereocenters. The quantitative estimate of drug-likeness (QED) is 0.538. The number of hydrogen-bond acceptors (Lipinski definition) is 3. The van der Waals surface area contributed by atoms with E-state index < -0.39 is 11.7 Å². The van der Waals surface area contributed by atoms with Crippen molar-refractivity contribution in [1.82, 2.24) is 19.2 Å². The highest BCUT2D eigenvalue weighted by Crippen LogP contribution is 2.23. The number of hydrogen-bond donors (Lipinski definition) is 1. The van der Waals surface area contributed by atoms with E-state index in [2.05, 4.69) is 10.4 Å². The summed E-state index contributed by atoms with van der Waals surface area (Å²) in [7, 11) is 3.32. The lowest BCUT2D eigenvalue weighted by molar-refractivity contribution is 0.0827. The number of para-hydroxylation sites is 1. The van der Waals surface area contributed by atoms with Crippen LogP contribution < -0.4 is 5.32 Å². The Morgan fingerprint density at radius 2 is 1.74 bits per heavy atom. The number of aromatic nitrogens is 3. The molecule has 7 nitrogen and oxygen atoms in total. The first kappa shape index (κ1) is 20.1. The van der Waals surface area contributed by atoms with Gasteiger partial charge in [0, 0.05) is 37.7 Å². The molecule has 0 saturated carbocycles. The van der Waals surface area contributed by atoms with Crippen molar-refractivity contribution in [2.75, 3.05) is 19.4 Å². The summed E-state index contributed by atoms with van der Waals surface area (Å²) >= 11 is 0. The Kier molecular flexibility index (Phi) is 5.36. The monoisotopic (exact) mass is 417 g/mol. The first-order chi connectivity index (χ1) is 15.0. The van der Waals surface area contributed by atoms with Crippen LogP contribution in [0.4, 0.5) is 10.1 Å². The molecule has 0 aliphatic carbocycles. The molecule has 0 aliphatic rings. The van der Waals surface area contributed by atoms with Crippen LogP contribution in [0.25, 0.3) is 11.5 Å². The third-order valence-electron chi connectivity index (χ3n) is 4.69. The Bertz CT molecular complexity index is 1240. The van der Waals surface area contributed by atoms with Gasteiger partial charge in [-0.2, -0.15) is 5.10 Å². The highest BCUT2D eigenvalue weighted by Gasteiger charge is 2.21. The first-order valence-corrected chi connectivity index (χ1v) is 9.55. The molecule has 0 saturated heterocycles. The molecule has 8 heteroatoms. The predicted octanol–water partition coefficient (Wildman–Crippen LogP) is 3.76. The summed E-state index contributed by atoms with van der Waals surface area (Å²) < 4.78 is 17.5. The van der Waals surface area contributed by atoms with Crippen molar-refractivity contribution in [2.45, 2.75) is 0 Å². The number of benzene rings is 2. The Hall–Kier alpha value is -4.20. The van der Waals surface area contributed by atoms with Crippen LogP contribution in [0.5, 0.6) is 0 Å². The van der Waals surface area contributed by atoms with Crippen molar-refractivity contribution >= 4 is 17.5 Å². The molecule has 0 fully saturated rings. The smallest absolute Gasteiger partial charge is 0.261 e. The number of amides is 2. The number of carbonyl (C=O) groups is 2. The fourth-order valence-corrected chi connectivity index (χ4v) is 3.21. The van der Waals surface area contributed by atoms with E-state index in [1.54, 1.807) is 85.7 Å². The van der Waals surface area contributed by atoms with Crippen LogP contribution in [-0.2, 0) is 0 Å². The van der Waals surface area contributed by atoms with E-state index in [4.69, 9.17) is 0 Å². The maximum Gasteiger partial charge on any atom is 0.261 e. The van der Waals surface area contributed by atoms with Crippen LogP contribution in [0.3, 0.4) is 0 Å². The van der Waals surface area contributed by atoms with Gasteiger partial charge in [-0.05, 0) is 42.5 Å². The minimum atomic E-state index is -0.458. The number of rotatable bonds is 5. The van der Waals surface area contributed by atoms with Crippen molar-refractivity contribution in [3.05, 3.63) is 96.2 Å². The molecule has 4 aromatic rings. The largest absolute Gasteiger partial charge is 0.345 e. The van der Waals surface area contributed by atoms with Crippen molar-refractivity contribution in [2.24, 2.45) is 0 Å². The van der Waals surface area contributed by atoms with Gasteiger partial charge in [-0.15, -0.1) is 0 Å². The molecular weight excluding hydrogens is 397 g/mol. The first-order valence-electron chi connectivity index (χ1n) is 9.55. The molecule has 1 N–H and O–H groups in total. The summed E-state index contributed by atoms with van der Waals surface area (Å²) in [6.07, 6.45) is 4.90. The summed E-state index contributed by atoms with van der Waals surface area (Å²) in [5.41, 5.74) is 1.40. The van der Waals surface area contributed by atoms with E-state index >= 15 is 0 Å². The number of carbonyl (C=O) groups excluding carboxylic acids is 2. The van der Waals surface area contributed by atoms with E-state index in [0.29, 0.717) is 17.1 Å². The van der Waals surface area contributed by atoms with Gasteiger partial charge in [0.25, 0.3) is 11.8 Å². The SMILES string of the molecule is CN(C)C(=O)c1cccc(NC(=O)c2cnn(-c3ccccc3F)c2-n2cccc2)c1. The van der Waals surface area contributed by atoms with Crippen LogP contribution in [-0.4, -0.2) is 45.2 Å². The van der Waals surface area contributed by atoms with Gasteiger partial charge in [0.2, 0.25) is 0 Å². The van der Waals surface area contributed by atoms with Crippen LogP contribution in [0.2, 0.25) is 0 Å². The molecule has 4 rings (SSSR count). The molecule has 2 aromatic carbocycles. The average Bonchev–Trinajstić information content (AvgIpc) is 3.43. The summed E-state index contributed by atoms with van der Waals surface area (Å²) in [5.74, 6) is -0.661. The van der Waals surface area contributed by atoms with Crippen LogP contribution in [0, 0.1) is 5.82 Å². The lowest BCUT2D eigenvalue weighted by atomic mass is 10.1. The van der Waals surface area contributed by atoms with Crippen molar-refractivity contribution in [1.29, 1.82) is 0 Å². The second kappa shape index (κ2) is 8.27. The average molecular weight is 417 g/mol. The van der Waals surface area contributed by atoms with Crippen molar-refractivity contribution in [3.63, 3.8) is 0 Å². The number of nitrogens with one attached hydrogen (secondary N) is 1. The van der Waals surface area contributed by atoms with Crippen molar-refractivity contribution in [3.8, 4) is 11.5 Å². The topological polar surface area (TPSA) is 72.2 Å². The molecule has 0 radical (unpaired) electrons. The standard InChI is InChI=1S/C23H20FN5O2/c1-27(2)23(31)16-8-7-9-17(14-16)26-21(30)18-15-25-29(20-11-4-3-10-19(20)24)22(18)28-12-5-6-13-28/h3-15H,1-2H3,(H,26,30). The molecule has 0 spiro atoms. The van der Waals surface area contributed by atoms with Crippen molar-refractivity contribution < 1.29 is 14.0 Å². The maximum atomic E-state index is 14.4. The Morgan fingerprint density at radius 3 is 2.45 bits per heavy atom. The lowest BCUT2D eigenvalue weighted by Gasteiger charge is -2.13. The van der Waals surface area contributed by atoms with Gasteiger partial charge >= 0.3 is 0 Å². The fraction of sp³-hybridized carbons (Fsp3) is 0.0870. The molecule has 31 heavy (non-hydrogen) atoms. The summed E-state index contributed by atoms with van der Waals surface area (Å²) in [5, 5.41) is 7.07. The predicted molar refractivity (Wildman–Crippen MR) is 115 cm³/mol. The lowest BCUT2D eigenvalue weighted by Crippen LogP contribution is -2.22. The van der Waals surface area contributed by atoms with E-state index in [1.807, 2.05) is 0 Å². The van der Waals surface area contributed by atoms with Crippen LogP contribution in [0.15, 0.2) is 79.3 Å². The maximum absolute atomic E-state index is 14.4. The van der Waals surface area contributed by atoms with Gasteiger partial charge in [-0.25, -0.2) is 9.07 Å². The van der Waals surface area contributed by atoms with E-state index in [-0.39, 0.29) is 17.2 Å². The van der Waals surface area contributed by atoms with Gasteiger partial charge in [0.1, 0.15) is 17.1 Å². The van der Waals surface area contributed by atoms with Gasteiger partial charge in [-0.3, -0.25) is 9.59 Å². The Labute approximate surface area is 178 Å². The summed E-state index contributed by atoms with van der Waals surface area (Å²) in [6.45, 7) is 0. The summed E-state index contributed by atoms with van der Waals surface area (Å²) in [6, 6.07) is 16.5. The molecule has 156 valence electrons. The Balaban J connectivity index is 1.72. The van der Waals surface area contributed by atoms with Gasteiger partial charge in [-0.1, -0.05) is 18.2 Å². The molecule has 0 aliphatic heterocycles. The van der Waals surface area contributed by atoms with Gasteiger partial charge in [0.05, 0.1) is 6.20 Å². The second-order valence-electron chi connectivity index (χ2n) is 7.07. The zero-order valence-electron chi connectivity index (χ0n) is 17.0. The van der Waals surface area contributed by atoms with E-state index in [1.165, 1.54) is 21.8 Å². The molecule has 2 aromatic heterocycles. The Morgan fingerprint density at radius 1 is 1.00 bits per heavy atom. The minimum Gasteiger partial charge on any atom is -0.345 e. The highest BCUT2D eigenvalue weighted by molar-refractivity contribution is 6.07. The number of anilines is 1. The molecular formula is C23H20FN5O2. The third kappa shape index (κ3) is 3.95. The zero-order chi connectivity index (χ0) is 22.0. The van der Waals surface area contributed by atoms with E-state index in [9.17, 15) is 14.0 Å². The second-order valence-corrected chi connectivity index (χ2v) is 7.07. The molecule has 2 heterocycles. The molecule has 2 amide bonds. The van der Waals surface area contributed by atoms with E-state index in [0.717, 1.165) is 0 Å². The zero-order valence-corrected chi connectivity index (χ0v) is 17.0. The third-order valence-corrected chi connectivity index (χ3v) is 4.69. The number of nitrogens with zero attached hydrogens (tertiary/aromatic N) is 4. The van der Waals surface area contributed by atoms with Gasteiger partial charge < -0.3 is 14.8 Å². The highest BCUT2D eigenvalue weighted by atomic mass is 19.1. The van der Waals surface area contributed by atoms with Crippen LogP contribution in [0.1, 0.15) is 20.7 Å². The van der Waals surface area contributed by atoms with Crippen LogP contribution >= 0.6 is 0 Å². The molecule has 0 bridgehead atoms. The minimum absolute atomic E-state index is 0.170. The molecule has 0 atom stereocenters.